The monoisotopic (exact) mass is 168 g/mol. The molecule has 0 saturated heterocycles. The van der Waals surface area contributed by atoms with Crippen molar-refractivity contribution in [2.24, 2.45) is 11.5 Å². The van der Waals surface area contributed by atoms with E-state index in [9.17, 15) is 9.59 Å². The van der Waals surface area contributed by atoms with E-state index in [-0.39, 0.29) is 0 Å². The van der Waals surface area contributed by atoms with Gasteiger partial charge < -0.3 is 11.5 Å². The van der Waals surface area contributed by atoms with Crippen molar-refractivity contribution in [2.45, 2.75) is 12.8 Å². The molecule has 4 heteroatoms. The van der Waals surface area contributed by atoms with Gasteiger partial charge in [-0.1, -0.05) is 12.2 Å². The van der Waals surface area contributed by atoms with Crippen LogP contribution >= 0.6 is 0 Å². The van der Waals surface area contributed by atoms with Gasteiger partial charge in [0.15, 0.2) is 0 Å². The fourth-order valence-corrected chi connectivity index (χ4v) is 0.591. The lowest BCUT2D eigenvalue weighted by atomic mass is 10.2. The maximum absolute atomic E-state index is 10.2. The zero-order chi connectivity index (χ0) is 9.40. The van der Waals surface area contributed by atoms with Crippen molar-refractivity contribution in [2.75, 3.05) is 0 Å². The summed E-state index contributed by atoms with van der Waals surface area (Å²) in [5.74, 6) is -0.928. The highest BCUT2D eigenvalue weighted by molar-refractivity contribution is 5.86. The van der Waals surface area contributed by atoms with Crippen LogP contribution in [-0.2, 0) is 9.59 Å². The molecule has 0 unspecified atom stereocenters. The van der Waals surface area contributed by atoms with Gasteiger partial charge in [-0.3, -0.25) is 9.59 Å². The molecule has 2 amide bonds. The van der Waals surface area contributed by atoms with Crippen molar-refractivity contribution in [3.63, 3.8) is 0 Å². The van der Waals surface area contributed by atoms with Gasteiger partial charge in [0.2, 0.25) is 11.8 Å². The summed E-state index contributed by atoms with van der Waals surface area (Å²) in [6, 6.07) is 0. The van der Waals surface area contributed by atoms with E-state index in [1.807, 2.05) is 0 Å². The highest BCUT2D eigenvalue weighted by Gasteiger charge is 1.83. The average Bonchev–Trinajstić information content (AvgIpc) is 1.95. The molecule has 0 aliphatic carbocycles. The molecule has 0 radical (unpaired) electrons. The molecular weight excluding hydrogens is 156 g/mol. The molecule has 0 spiro atoms. The molecule has 0 saturated carbocycles. The quantitative estimate of drug-likeness (QED) is 0.441. The molecule has 0 aliphatic heterocycles. The number of unbranched alkanes of at least 4 members (excludes halogenated alkanes) is 1. The summed E-state index contributed by atoms with van der Waals surface area (Å²) in [7, 11) is 0. The third-order valence-corrected chi connectivity index (χ3v) is 1.06. The standard InChI is InChI=1S/C8H12N2O2/c9-7(11)5-3-1-2-4-6-8(10)12/h3-6H,1-2H2,(H2,9,11)(H2,10,12). The first-order valence-electron chi connectivity index (χ1n) is 3.55. The summed E-state index contributed by atoms with van der Waals surface area (Å²) in [5, 5.41) is 0. The number of carbonyl (C=O) groups is 2. The lowest BCUT2D eigenvalue weighted by molar-refractivity contribution is -0.114. The highest BCUT2D eigenvalue weighted by Crippen LogP contribution is 1.91. The lowest BCUT2D eigenvalue weighted by Gasteiger charge is -1.84. The van der Waals surface area contributed by atoms with Gasteiger partial charge in [0.25, 0.3) is 0 Å². The van der Waals surface area contributed by atoms with Crippen LogP contribution < -0.4 is 11.5 Å². The minimum absolute atomic E-state index is 0.464. The molecule has 0 atom stereocenters. The first-order valence-corrected chi connectivity index (χ1v) is 3.55. The van der Waals surface area contributed by atoms with Crippen LogP contribution in [0.5, 0.6) is 0 Å². The Labute approximate surface area is 70.9 Å². The van der Waals surface area contributed by atoms with Gasteiger partial charge in [-0.25, -0.2) is 0 Å². The third-order valence-electron chi connectivity index (χ3n) is 1.06. The van der Waals surface area contributed by atoms with Crippen LogP contribution in [0.1, 0.15) is 12.8 Å². The van der Waals surface area contributed by atoms with E-state index in [1.165, 1.54) is 12.2 Å². The largest absolute Gasteiger partial charge is 0.366 e. The van der Waals surface area contributed by atoms with Crippen LogP contribution in [-0.4, -0.2) is 11.8 Å². The minimum Gasteiger partial charge on any atom is -0.366 e. The molecule has 4 N–H and O–H groups in total. The Kier molecular flexibility index (Phi) is 5.34. The molecule has 0 aromatic rings. The predicted octanol–water partition coefficient (Wildman–Crippen LogP) is -0.150. The molecule has 0 bridgehead atoms. The number of carbonyl (C=O) groups excluding carboxylic acids is 2. The Morgan fingerprint density at radius 3 is 1.50 bits per heavy atom. The van der Waals surface area contributed by atoms with E-state index in [4.69, 9.17) is 11.5 Å². The van der Waals surface area contributed by atoms with E-state index >= 15 is 0 Å². The van der Waals surface area contributed by atoms with Gasteiger partial charge in [-0.05, 0) is 25.0 Å². The number of allylic oxidation sites excluding steroid dienone is 2. The Hall–Kier alpha value is -1.58. The second-order valence-corrected chi connectivity index (χ2v) is 2.19. The van der Waals surface area contributed by atoms with Crippen LogP contribution in [0, 0.1) is 0 Å². The van der Waals surface area contributed by atoms with Gasteiger partial charge in [0.05, 0.1) is 0 Å². The van der Waals surface area contributed by atoms with E-state index in [1.54, 1.807) is 12.2 Å². The lowest BCUT2D eigenvalue weighted by Crippen LogP contribution is -2.05. The Morgan fingerprint density at radius 2 is 1.25 bits per heavy atom. The van der Waals surface area contributed by atoms with Crippen LogP contribution in [0.4, 0.5) is 0 Å². The highest BCUT2D eigenvalue weighted by atomic mass is 16.1. The molecule has 12 heavy (non-hydrogen) atoms. The number of nitrogens with two attached hydrogens (primary N) is 2. The van der Waals surface area contributed by atoms with E-state index < -0.39 is 11.8 Å². The van der Waals surface area contributed by atoms with Crippen molar-refractivity contribution in [3.05, 3.63) is 24.3 Å². The molecular formula is C8H12N2O2. The average molecular weight is 168 g/mol. The zero-order valence-electron chi connectivity index (χ0n) is 6.69. The molecule has 4 nitrogen and oxygen atoms in total. The van der Waals surface area contributed by atoms with E-state index in [0.29, 0.717) is 12.8 Å². The topological polar surface area (TPSA) is 86.2 Å². The second kappa shape index (κ2) is 6.15. The zero-order valence-corrected chi connectivity index (χ0v) is 6.69. The first kappa shape index (κ1) is 10.4. The molecule has 0 aromatic carbocycles. The normalized spacial score (nSPS) is 11.0. The number of amides is 2. The SMILES string of the molecule is NC(=O)C=CCCC=CC(N)=O. The summed E-state index contributed by atoms with van der Waals surface area (Å²) in [6.45, 7) is 0. The van der Waals surface area contributed by atoms with Crippen LogP contribution in [0.25, 0.3) is 0 Å². The molecule has 0 fully saturated rings. The molecule has 0 aromatic heterocycles. The fraction of sp³-hybridized carbons (Fsp3) is 0.250. The second-order valence-electron chi connectivity index (χ2n) is 2.19. The maximum atomic E-state index is 10.2. The summed E-state index contributed by atoms with van der Waals surface area (Å²) in [5.41, 5.74) is 9.68. The van der Waals surface area contributed by atoms with E-state index in [2.05, 4.69) is 0 Å². The van der Waals surface area contributed by atoms with Crippen molar-refractivity contribution in [3.8, 4) is 0 Å². The van der Waals surface area contributed by atoms with Crippen LogP contribution in [0.2, 0.25) is 0 Å². The van der Waals surface area contributed by atoms with Crippen LogP contribution in [0.3, 0.4) is 0 Å². The number of rotatable bonds is 5. The molecule has 0 rings (SSSR count). The Bertz CT molecular complexity index is 195. The molecule has 66 valence electrons. The Balaban J connectivity index is 3.45. The maximum Gasteiger partial charge on any atom is 0.241 e. The van der Waals surface area contributed by atoms with Crippen molar-refractivity contribution >= 4 is 11.8 Å². The predicted molar refractivity (Wildman–Crippen MR) is 45.9 cm³/mol. The molecule has 0 aliphatic rings. The van der Waals surface area contributed by atoms with Crippen molar-refractivity contribution in [1.29, 1.82) is 0 Å². The van der Waals surface area contributed by atoms with Crippen molar-refractivity contribution < 1.29 is 9.59 Å². The third kappa shape index (κ3) is 8.42. The minimum atomic E-state index is -0.464. The smallest absolute Gasteiger partial charge is 0.241 e. The summed E-state index contributed by atoms with van der Waals surface area (Å²) >= 11 is 0. The van der Waals surface area contributed by atoms with Gasteiger partial charge in [-0.15, -0.1) is 0 Å². The summed E-state index contributed by atoms with van der Waals surface area (Å²) < 4.78 is 0. The van der Waals surface area contributed by atoms with Crippen LogP contribution in [0.15, 0.2) is 24.3 Å². The van der Waals surface area contributed by atoms with Gasteiger partial charge in [0.1, 0.15) is 0 Å². The Morgan fingerprint density at radius 1 is 0.917 bits per heavy atom. The van der Waals surface area contributed by atoms with E-state index in [0.717, 1.165) is 0 Å². The fourth-order valence-electron chi connectivity index (χ4n) is 0.591. The summed E-state index contributed by atoms with van der Waals surface area (Å²) in [6.07, 6.45) is 7.22. The molecule has 0 heterocycles. The van der Waals surface area contributed by atoms with Gasteiger partial charge in [-0.2, -0.15) is 0 Å². The van der Waals surface area contributed by atoms with Gasteiger partial charge in [0, 0.05) is 0 Å². The first-order chi connectivity index (χ1) is 5.63. The van der Waals surface area contributed by atoms with Gasteiger partial charge >= 0.3 is 0 Å². The number of hydrogen-bond donors (Lipinski definition) is 2. The van der Waals surface area contributed by atoms with Crippen molar-refractivity contribution in [1.82, 2.24) is 0 Å². The number of hydrogen-bond acceptors (Lipinski definition) is 2. The number of primary amides is 2. The summed E-state index contributed by atoms with van der Waals surface area (Å²) in [4.78, 5) is 20.4.